The molecule has 0 saturated carbocycles. The molecule has 0 spiro atoms. The van der Waals surface area contributed by atoms with E-state index in [2.05, 4.69) is 64.1 Å². The zero-order valence-corrected chi connectivity index (χ0v) is 13.1. The molecule has 0 aliphatic carbocycles. The highest BCUT2D eigenvalue weighted by atomic mass is 15.1. The Labute approximate surface area is 127 Å². The highest BCUT2D eigenvalue weighted by Crippen LogP contribution is 2.03. The van der Waals surface area contributed by atoms with Crippen LogP contribution in [0.5, 0.6) is 0 Å². The third kappa shape index (κ3) is 5.33. The number of hydrogen-bond donors (Lipinski definition) is 1. The molecule has 0 radical (unpaired) electrons. The second kappa shape index (κ2) is 8.60. The summed E-state index contributed by atoms with van der Waals surface area (Å²) in [5.41, 5.74) is 2.63. The predicted molar refractivity (Wildman–Crippen MR) is 87.0 cm³/mol. The Morgan fingerprint density at radius 3 is 2.81 bits per heavy atom. The van der Waals surface area contributed by atoms with E-state index in [9.17, 15) is 0 Å². The van der Waals surface area contributed by atoms with E-state index in [1.807, 2.05) is 12.5 Å². The van der Waals surface area contributed by atoms with E-state index in [0.29, 0.717) is 0 Å². The quantitative estimate of drug-likeness (QED) is 0.719. The van der Waals surface area contributed by atoms with Crippen LogP contribution in [0.3, 0.4) is 0 Å². The fourth-order valence-corrected chi connectivity index (χ4v) is 2.44. The Balaban J connectivity index is 1.59. The van der Waals surface area contributed by atoms with E-state index in [-0.39, 0.29) is 0 Å². The maximum Gasteiger partial charge on any atom is 0.0948 e. The Kier molecular flexibility index (Phi) is 6.44. The monoisotopic (exact) mass is 286 g/mol. The molecular weight excluding hydrogens is 260 g/mol. The number of rotatable bonds is 9. The Morgan fingerprint density at radius 2 is 2.05 bits per heavy atom. The van der Waals surface area contributed by atoms with Crippen molar-refractivity contribution in [3.05, 3.63) is 54.1 Å². The van der Waals surface area contributed by atoms with Gasteiger partial charge < -0.3 is 14.8 Å². The number of benzene rings is 1. The highest BCUT2D eigenvalue weighted by molar-refractivity contribution is 5.14. The van der Waals surface area contributed by atoms with Gasteiger partial charge in [0.05, 0.1) is 12.0 Å². The lowest BCUT2D eigenvalue weighted by atomic mass is 10.2. The van der Waals surface area contributed by atoms with Crippen LogP contribution < -0.4 is 5.32 Å². The summed E-state index contributed by atoms with van der Waals surface area (Å²) in [4.78, 5) is 6.55. The van der Waals surface area contributed by atoms with Gasteiger partial charge >= 0.3 is 0 Å². The van der Waals surface area contributed by atoms with E-state index in [1.165, 1.54) is 11.3 Å². The van der Waals surface area contributed by atoms with E-state index in [0.717, 1.165) is 39.1 Å². The first kappa shape index (κ1) is 15.7. The van der Waals surface area contributed by atoms with Crippen molar-refractivity contribution in [3.63, 3.8) is 0 Å². The van der Waals surface area contributed by atoms with Crippen molar-refractivity contribution in [2.75, 3.05) is 20.1 Å². The van der Waals surface area contributed by atoms with E-state index < -0.39 is 0 Å². The molecule has 0 atom stereocenters. The molecule has 1 heterocycles. The van der Waals surface area contributed by atoms with Gasteiger partial charge in [-0.1, -0.05) is 30.3 Å². The summed E-state index contributed by atoms with van der Waals surface area (Å²) >= 11 is 0. The average molecular weight is 286 g/mol. The van der Waals surface area contributed by atoms with Gasteiger partial charge in [-0.2, -0.15) is 0 Å². The van der Waals surface area contributed by atoms with Crippen LogP contribution in [-0.4, -0.2) is 34.6 Å². The largest absolute Gasteiger partial charge is 0.334 e. The van der Waals surface area contributed by atoms with Crippen molar-refractivity contribution < 1.29 is 0 Å². The standard InChI is InChI=1S/C17H26N4/c1-3-21-15-19-13-17(21)12-18-10-7-11-20(2)14-16-8-5-4-6-9-16/h4-6,8-9,13,15,18H,3,7,10-12,14H2,1-2H3. The molecule has 1 aromatic carbocycles. The predicted octanol–water partition coefficient (Wildman–Crippen LogP) is 2.51. The molecule has 0 aliphatic heterocycles. The lowest BCUT2D eigenvalue weighted by Crippen LogP contribution is -2.24. The Hall–Kier alpha value is -1.65. The molecule has 1 N–H and O–H groups in total. The fourth-order valence-electron chi connectivity index (χ4n) is 2.44. The maximum atomic E-state index is 4.18. The summed E-state index contributed by atoms with van der Waals surface area (Å²) in [6.07, 6.45) is 4.99. The van der Waals surface area contributed by atoms with Crippen molar-refractivity contribution >= 4 is 0 Å². The first-order chi connectivity index (χ1) is 10.3. The molecule has 2 rings (SSSR count). The summed E-state index contributed by atoms with van der Waals surface area (Å²) in [6, 6.07) is 10.6. The minimum Gasteiger partial charge on any atom is -0.334 e. The van der Waals surface area contributed by atoms with Gasteiger partial charge in [0.1, 0.15) is 0 Å². The third-order valence-electron chi connectivity index (χ3n) is 3.63. The smallest absolute Gasteiger partial charge is 0.0948 e. The molecule has 0 amide bonds. The van der Waals surface area contributed by atoms with Gasteiger partial charge in [0.2, 0.25) is 0 Å². The van der Waals surface area contributed by atoms with Crippen molar-refractivity contribution in [2.24, 2.45) is 0 Å². The molecule has 114 valence electrons. The van der Waals surface area contributed by atoms with Crippen LogP contribution in [0.15, 0.2) is 42.9 Å². The zero-order chi connectivity index (χ0) is 14.9. The second-order valence-electron chi connectivity index (χ2n) is 5.42. The third-order valence-corrected chi connectivity index (χ3v) is 3.63. The van der Waals surface area contributed by atoms with Gasteiger partial charge in [0, 0.05) is 25.8 Å². The van der Waals surface area contributed by atoms with Crippen molar-refractivity contribution in [1.82, 2.24) is 19.8 Å². The molecule has 0 unspecified atom stereocenters. The number of imidazole rings is 1. The van der Waals surface area contributed by atoms with E-state index >= 15 is 0 Å². The van der Waals surface area contributed by atoms with Crippen LogP contribution in [0.1, 0.15) is 24.6 Å². The molecule has 4 heteroatoms. The molecule has 0 aliphatic rings. The number of hydrogen-bond acceptors (Lipinski definition) is 3. The van der Waals surface area contributed by atoms with Crippen LogP contribution >= 0.6 is 0 Å². The molecule has 21 heavy (non-hydrogen) atoms. The number of aryl methyl sites for hydroxylation is 1. The SMILES string of the molecule is CCn1cncc1CNCCCN(C)Cc1ccccc1. The lowest BCUT2D eigenvalue weighted by Gasteiger charge is -2.16. The number of nitrogens with zero attached hydrogens (tertiary/aromatic N) is 3. The summed E-state index contributed by atoms with van der Waals surface area (Å²) in [7, 11) is 2.18. The molecule has 0 bridgehead atoms. The molecule has 0 fully saturated rings. The highest BCUT2D eigenvalue weighted by Gasteiger charge is 2.01. The molecular formula is C17H26N4. The van der Waals surface area contributed by atoms with Gasteiger partial charge in [-0.3, -0.25) is 0 Å². The average Bonchev–Trinajstić information content (AvgIpc) is 2.95. The van der Waals surface area contributed by atoms with E-state index in [1.54, 1.807) is 0 Å². The molecule has 0 saturated heterocycles. The van der Waals surface area contributed by atoms with Crippen LogP contribution in [0.25, 0.3) is 0 Å². The first-order valence-electron chi connectivity index (χ1n) is 7.71. The zero-order valence-electron chi connectivity index (χ0n) is 13.1. The maximum absolute atomic E-state index is 4.18. The fraction of sp³-hybridized carbons (Fsp3) is 0.471. The lowest BCUT2D eigenvalue weighted by molar-refractivity contribution is 0.319. The van der Waals surface area contributed by atoms with E-state index in [4.69, 9.17) is 0 Å². The van der Waals surface area contributed by atoms with Crippen LogP contribution in [0, 0.1) is 0 Å². The summed E-state index contributed by atoms with van der Waals surface area (Å²) < 4.78 is 2.18. The summed E-state index contributed by atoms with van der Waals surface area (Å²) in [6.45, 7) is 7.18. The van der Waals surface area contributed by atoms with Crippen molar-refractivity contribution in [3.8, 4) is 0 Å². The van der Waals surface area contributed by atoms with Crippen LogP contribution in [-0.2, 0) is 19.6 Å². The Bertz CT molecular complexity index is 507. The second-order valence-corrected chi connectivity index (χ2v) is 5.42. The molecule has 1 aromatic heterocycles. The topological polar surface area (TPSA) is 33.1 Å². The van der Waals surface area contributed by atoms with Crippen LogP contribution in [0.4, 0.5) is 0 Å². The molecule has 2 aromatic rings. The summed E-state index contributed by atoms with van der Waals surface area (Å²) in [5, 5.41) is 3.49. The van der Waals surface area contributed by atoms with Gasteiger partial charge in [-0.15, -0.1) is 0 Å². The minimum absolute atomic E-state index is 0.899. The van der Waals surface area contributed by atoms with Gasteiger partial charge in [0.15, 0.2) is 0 Å². The minimum atomic E-state index is 0.899. The van der Waals surface area contributed by atoms with Crippen molar-refractivity contribution in [1.29, 1.82) is 0 Å². The first-order valence-corrected chi connectivity index (χ1v) is 7.71. The van der Waals surface area contributed by atoms with Gasteiger partial charge in [-0.25, -0.2) is 4.98 Å². The van der Waals surface area contributed by atoms with Crippen LogP contribution in [0.2, 0.25) is 0 Å². The normalized spacial score (nSPS) is 11.2. The number of nitrogens with one attached hydrogen (secondary N) is 1. The number of aromatic nitrogens is 2. The Morgan fingerprint density at radius 1 is 1.24 bits per heavy atom. The van der Waals surface area contributed by atoms with Gasteiger partial charge in [-0.05, 0) is 39.0 Å². The molecule has 4 nitrogen and oxygen atoms in total. The van der Waals surface area contributed by atoms with Crippen molar-refractivity contribution in [2.45, 2.75) is 33.0 Å². The summed E-state index contributed by atoms with van der Waals surface area (Å²) in [5.74, 6) is 0. The van der Waals surface area contributed by atoms with Gasteiger partial charge in [0.25, 0.3) is 0 Å².